The third-order valence-electron chi connectivity index (χ3n) is 5.25. The molecule has 9 heteroatoms. The van der Waals surface area contributed by atoms with Gasteiger partial charge in [-0.2, -0.15) is 5.10 Å². The molecule has 0 saturated carbocycles. The molecule has 0 atom stereocenters. The zero-order chi connectivity index (χ0) is 20.6. The number of carbonyl (C=O) groups excluding carboxylic acids is 1. The van der Waals surface area contributed by atoms with Crippen molar-refractivity contribution >= 4 is 45.0 Å². The van der Waals surface area contributed by atoms with Gasteiger partial charge in [-0.05, 0) is 65.6 Å². The van der Waals surface area contributed by atoms with Gasteiger partial charge in [-0.1, -0.05) is 29.3 Å². The zero-order valence-corrected chi connectivity index (χ0v) is 18.7. The lowest BCUT2D eigenvalue weighted by Crippen LogP contribution is -2.52. The number of carbonyl (C=O) groups is 1. The van der Waals surface area contributed by atoms with Crippen LogP contribution in [0.5, 0.6) is 0 Å². The number of halogens is 3. The molecule has 1 saturated heterocycles. The van der Waals surface area contributed by atoms with Crippen molar-refractivity contribution in [3.05, 3.63) is 62.4 Å². The lowest BCUT2D eigenvalue weighted by Gasteiger charge is -2.39. The van der Waals surface area contributed by atoms with E-state index in [-0.39, 0.29) is 11.7 Å². The lowest BCUT2D eigenvalue weighted by atomic mass is 9.81. The fourth-order valence-electron chi connectivity index (χ4n) is 3.66. The van der Waals surface area contributed by atoms with Gasteiger partial charge < -0.3 is 15.1 Å². The first kappa shape index (κ1) is 20.5. The third-order valence-corrected chi connectivity index (χ3v) is 6.57. The highest BCUT2D eigenvalue weighted by Gasteiger charge is 2.37. The third kappa shape index (κ3) is 3.97. The molecule has 0 aliphatic carbocycles. The van der Waals surface area contributed by atoms with E-state index in [4.69, 9.17) is 27.6 Å². The number of aryl methyl sites for hydroxylation is 1. The van der Waals surface area contributed by atoms with E-state index >= 15 is 0 Å². The monoisotopic (exact) mass is 496 g/mol. The maximum absolute atomic E-state index is 13.1. The summed E-state index contributed by atoms with van der Waals surface area (Å²) in [6.07, 6.45) is 3.14. The molecule has 1 amide bonds. The van der Waals surface area contributed by atoms with Crippen molar-refractivity contribution < 1.29 is 9.21 Å². The first-order valence-corrected chi connectivity index (χ1v) is 10.7. The van der Waals surface area contributed by atoms with Crippen LogP contribution in [0.25, 0.3) is 11.5 Å². The van der Waals surface area contributed by atoms with E-state index in [0.29, 0.717) is 20.3 Å². The van der Waals surface area contributed by atoms with Crippen LogP contribution in [0.4, 0.5) is 0 Å². The summed E-state index contributed by atoms with van der Waals surface area (Å²) in [5, 5.41) is 11.6. The van der Waals surface area contributed by atoms with E-state index in [1.807, 2.05) is 25.2 Å². The smallest absolute Gasteiger partial charge is 0.287 e. The SMILES string of the molecule is Cn1nccc1-c1oc(C(=O)NC2(c3ccc(Cl)c(Cl)c3)CCNCC2)cc1Br. The number of rotatable bonds is 4. The van der Waals surface area contributed by atoms with Crippen molar-refractivity contribution in [3.63, 3.8) is 0 Å². The minimum absolute atomic E-state index is 0.228. The molecule has 6 nitrogen and oxygen atoms in total. The van der Waals surface area contributed by atoms with Crippen LogP contribution < -0.4 is 10.6 Å². The fraction of sp³-hybridized carbons (Fsp3) is 0.300. The Balaban J connectivity index is 1.66. The quantitative estimate of drug-likeness (QED) is 0.545. The molecule has 1 aromatic carbocycles. The molecule has 1 aliphatic heterocycles. The zero-order valence-electron chi connectivity index (χ0n) is 15.6. The Labute approximate surface area is 186 Å². The van der Waals surface area contributed by atoms with Crippen LogP contribution in [0.15, 0.2) is 45.4 Å². The van der Waals surface area contributed by atoms with Crippen LogP contribution >= 0.6 is 39.1 Å². The maximum atomic E-state index is 13.1. The Hall–Kier alpha value is -1.80. The largest absolute Gasteiger partial charge is 0.448 e. The molecule has 0 radical (unpaired) electrons. The second-order valence-corrected chi connectivity index (χ2v) is 8.71. The second kappa shape index (κ2) is 8.14. The van der Waals surface area contributed by atoms with Crippen LogP contribution in [0.3, 0.4) is 0 Å². The molecular formula is C20H19BrCl2N4O2. The number of furan rings is 1. The predicted molar refractivity (Wildman–Crippen MR) is 116 cm³/mol. The molecular weight excluding hydrogens is 479 g/mol. The minimum atomic E-state index is -0.553. The second-order valence-electron chi connectivity index (χ2n) is 7.04. The molecule has 2 aromatic heterocycles. The molecule has 2 N–H and O–H groups in total. The van der Waals surface area contributed by atoms with Crippen molar-refractivity contribution in [1.82, 2.24) is 20.4 Å². The summed E-state index contributed by atoms with van der Waals surface area (Å²) in [4.78, 5) is 13.1. The minimum Gasteiger partial charge on any atom is -0.448 e. The first-order valence-electron chi connectivity index (χ1n) is 9.16. The number of nitrogens with one attached hydrogen (secondary N) is 2. The van der Waals surface area contributed by atoms with Crippen LogP contribution in [0, 0.1) is 0 Å². The summed E-state index contributed by atoms with van der Waals surface area (Å²) < 4.78 is 8.27. The van der Waals surface area contributed by atoms with Gasteiger partial charge in [-0.3, -0.25) is 9.48 Å². The molecule has 152 valence electrons. The van der Waals surface area contributed by atoms with Gasteiger partial charge in [0, 0.05) is 19.3 Å². The van der Waals surface area contributed by atoms with Gasteiger partial charge in [-0.15, -0.1) is 0 Å². The number of nitrogens with zero attached hydrogens (tertiary/aromatic N) is 2. The van der Waals surface area contributed by atoms with Crippen molar-refractivity contribution in [1.29, 1.82) is 0 Å². The topological polar surface area (TPSA) is 72.1 Å². The van der Waals surface area contributed by atoms with Gasteiger partial charge in [-0.25, -0.2) is 0 Å². The van der Waals surface area contributed by atoms with Gasteiger partial charge in [0.1, 0.15) is 5.69 Å². The summed E-state index contributed by atoms with van der Waals surface area (Å²) >= 11 is 15.8. The van der Waals surface area contributed by atoms with Gasteiger partial charge >= 0.3 is 0 Å². The van der Waals surface area contributed by atoms with Gasteiger partial charge in [0.15, 0.2) is 11.5 Å². The molecule has 29 heavy (non-hydrogen) atoms. The summed E-state index contributed by atoms with van der Waals surface area (Å²) in [5.74, 6) is 0.502. The van der Waals surface area contributed by atoms with E-state index in [1.54, 1.807) is 23.0 Å². The average molecular weight is 498 g/mol. The maximum Gasteiger partial charge on any atom is 0.287 e. The van der Waals surface area contributed by atoms with Crippen LogP contribution in [-0.4, -0.2) is 28.8 Å². The van der Waals surface area contributed by atoms with Crippen LogP contribution in [0.2, 0.25) is 10.0 Å². The molecule has 3 aromatic rings. The van der Waals surface area contributed by atoms with Crippen LogP contribution in [0.1, 0.15) is 29.0 Å². The van der Waals surface area contributed by atoms with E-state index in [0.717, 1.165) is 37.2 Å². The van der Waals surface area contributed by atoms with Gasteiger partial charge in [0.25, 0.3) is 5.91 Å². The van der Waals surface area contributed by atoms with E-state index in [9.17, 15) is 4.79 Å². The Bertz CT molecular complexity index is 1060. The summed E-state index contributed by atoms with van der Waals surface area (Å²) in [6.45, 7) is 1.56. The number of amides is 1. The Morgan fingerprint density at radius 2 is 2.00 bits per heavy atom. The average Bonchev–Trinajstić information content (AvgIpc) is 3.29. The van der Waals surface area contributed by atoms with Crippen molar-refractivity contribution in [2.45, 2.75) is 18.4 Å². The lowest BCUT2D eigenvalue weighted by molar-refractivity contribution is 0.0844. The highest BCUT2D eigenvalue weighted by Crippen LogP contribution is 2.36. The normalized spacial score (nSPS) is 16.0. The van der Waals surface area contributed by atoms with Crippen LogP contribution in [-0.2, 0) is 12.6 Å². The fourth-order valence-corrected chi connectivity index (χ4v) is 4.45. The molecule has 3 heterocycles. The molecule has 4 rings (SSSR count). The Kier molecular flexibility index (Phi) is 5.75. The van der Waals surface area contributed by atoms with Crippen molar-refractivity contribution in [3.8, 4) is 11.5 Å². The highest BCUT2D eigenvalue weighted by molar-refractivity contribution is 9.10. The number of hydrogen-bond acceptors (Lipinski definition) is 4. The Morgan fingerprint density at radius 3 is 2.66 bits per heavy atom. The molecule has 1 fully saturated rings. The number of benzene rings is 1. The highest BCUT2D eigenvalue weighted by atomic mass is 79.9. The molecule has 1 aliphatic rings. The summed E-state index contributed by atoms with van der Waals surface area (Å²) in [5.41, 5.74) is 1.15. The molecule has 0 unspecified atom stereocenters. The number of aromatic nitrogens is 2. The molecule has 0 spiro atoms. The standard InChI is InChI=1S/C20H19BrCl2N4O2/c1-27-16(4-7-25-27)18-13(21)11-17(29-18)19(28)26-20(5-8-24-9-6-20)12-2-3-14(22)15(23)10-12/h2-4,7,10-11,24H,5-6,8-9H2,1H3,(H,26,28). The van der Waals surface area contributed by atoms with E-state index < -0.39 is 5.54 Å². The first-order chi connectivity index (χ1) is 13.9. The molecule has 0 bridgehead atoms. The number of hydrogen-bond donors (Lipinski definition) is 2. The van der Waals surface area contributed by atoms with Crippen molar-refractivity contribution in [2.24, 2.45) is 7.05 Å². The van der Waals surface area contributed by atoms with E-state index in [1.165, 1.54) is 0 Å². The van der Waals surface area contributed by atoms with Gasteiger partial charge in [0.2, 0.25) is 0 Å². The predicted octanol–water partition coefficient (Wildman–Crippen LogP) is 4.76. The Morgan fingerprint density at radius 1 is 1.24 bits per heavy atom. The van der Waals surface area contributed by atoms with Crippen molar-refractivity contribution in [2.75, 3.05) is 13.1 Å². The van der Waals surface area contributed by atoms with E-state index in [2.05, 4.69) is 31.7 Å². The summed E-state index contributed by atoms with van der Waals surface area (Å²) in [7, 11) is 1.82. The summed E-state index contributed by atoms with van der Waals surface area (Å²) in [6, 6.07) is 9.02. The number of piperidine rings is 1. The van der Waals surface area contributed by atoms with Gasteiger partial charge in [0.05, 0.1) is 20.1 Å².